The topological polar surface area (TPSA) is 106 Å². The molecule has 0 bridgehead atoms. The highest BCUT2D eigenvalue weighted by molar-refractivity contribution is 5.93. The van der Waals surface area contributed by atoms with E-state index in [-0.39, 0.29) is 30.9 Å². The van der Waals surface area contributed by atoms with Gasteiger partial charge in [-0.3, -0.25) is 9.59 Å². The molecule has 0 saturated heterocycles. The number of alkyl carbamates (subject to hydrolysis) is 1. The normalized spacial score (nSPS) is 14.3. The summed E-state index contributed by atoms with van der Waals surface area (Å²) in [7, 11) is 0. The molecule has 2 N–H and O–H groups in total. The van der Waals surface area contributed by atoms with Gasteiger partial charge >= 0.3 is 12.3 Å². The number of unbranched alkanes of at least 4 members (excludes halogenated alkanes) is 1. The molecule has 3 rings (SSSR count). The number of rotatable bonds is 9. The third kappa shape index (κ3) is 8.38. The Hall–Kier alpha value is -3.78. The maximum atomic E-state index is 14.4. The highest BCUT2D eigenvalue weighted by atomic mass is 19.4. The lowest BCUT2D eigenvalue weighted by Crippen LogP contribution is -2.46. The molecule has 0 fully saturated rings. The van der Waals surface area contributed by atoms with E-state index in [0.717, 1.165) is 11.0 Å². The van der Waals surface area contributed by atoms with E-state index in [2.05, 4.69) is 15.6 Å². The third-order valence-electron chi connectivity index (χ3n) is 6.34. The molecule has 9 nitrogen and oxygen atoms in total. The first-order valence-electron chi connectivity index (χ1n) is 13.4. The number of aromatic nitrogens is 2. The Bertz CT molecular complexity index is 1320. The van der Waals surface area contributed by atoms with E-state index >= 15 is 0 Å². The number of alkyl halides is 3. The van der Waals surface area contributed by atoms with Gasteiger partial charge in [-0.15, -0.1) is 0 Å². The molecule has 3 amide bonds. The van der Waals surface area contributed by atoms with E-state index in [1.807, 2.05) is 6.92 Å². The lowest BCUT2D eigenvalue weighted by atomic mass is 10.0. The SMILES string of the molecule is CCCCNC(=O)c1nc(C(F)(F)F)n2c1CN(C(=O)CC(Cc1cc(F)c(F)cc1F)NC(=O)OC(C)(C)C)CC2. The minimum Gasteiger partial charge on any atom is -0.444 e. The second-order valence-corrected chi connectivity index (χ2v) is 10.9. The first kappa shape index (κ1) is 32.7. The zero-order chi connectivity index (χ0) is 31.4. The quantitative estimate of drug-likeness (QED) is 0.245. The number of carbonyl (C=O) groups is 3. The van der Waals surface area contributed by atoms with E-state index in [1.165, 1.54) is 4.90 Å². The molecule has 1 aliphatic heterocycles. The average Bonchev–Trinajstić information content (AvgIpc) is 3.26. The van der Waals surface area contributed by atoms with Crippen molar-refractivity contribution in [2.75, 3.05) is 13.1 Å². The maximum absolute atomic E-state index is 14.4. The van der Waals surface area contributed by atoms with Crippen LogP contribution < -0.4 is 10.6 Å². The van der Waals surface area contributed by atoms with Gasteiger partial charge in [0.25, 0.3) is 5.91 Å². The molecule has 0 aliphatic carbocycles. The van der Waals surface area contributed by atoms with E-state index in [1.54, 1.807) is 20.8 Å². The van der Waals surface area contributed by atoms with Crippen LogP contribution in [0.25, 0.3) is 0 Å². The van der Waals surface area contributed by atoms with Gasteiger partial charge < -0.3 is 24.8 Å². The summed E-state index contributed by atoms with van der Waals surface area (Å²) in [6.07, 6.45) is -5.38. The van der Waals surface area contributed by atoms with Gasteiger partial charge in [0.05, 0.1) is 12.2 Å². The van der Waals surface area contributed by atoms with E-state index in [9.17, 15) is 40.7 Å². The lowest BCUT2D eigenvalue weighted by molar-refractivity contribution is -0.148. The minimum atomic E-state index is -4.85. The molecule has 2 heterocycles. The number of nitrogens with one attached hydrogen (secondary N) is 2. The fourth-order valence-corrected chi connectivity index (χ4v) is 4.42. The number of nitrogens with zero attached hydrogens (tertiary/aromatic N) is 3. The monoisotopic (exact) mass is 605 g/mol. The molecule has 1 aromatic heterocycles. The summed E-state index contributed by atoms with van der Waals surface area (Å²) in [5.74, 6) is -6.57. The summed E-state index contributed by atoms with van der Waals surface area (Å²) in [6, 6.07) is -0.213. The van der Waals surface area contributed by atoms with Gasteiger partial charge in [-0.25, -0.2) is 22.9 Å². The van der Waals surface area contributed by atoms with Gasteiger partial charge in [0, 0.05) is 38.2 Å². The molecule has 0 spiro atoms. The van der Waals surface area contributed by atoms with Crippen LogP contribution in [-0.2, 0) is 35.2 Å². The molecule has 2 aromatic rings. The number of hydrogen-bond donors (Lipinski definition) is 2. The fraction of sp³-hybridized carbons (Fsp3) is 0.556. The number of amides is 3. The number of benzene rings is 1. The van der Waals surface area contributed by atoms with Gasteiger partial charge in [-0.05, 0) is 45.2 Å². The zero-order valence-corrected chi connectivity index (χ0v) is 23.6. The average molecular weight is 606 g/mol. The first-order valence-corrected chi connectivity index (χ1v) is 13.4. The number of carbonyl (C=O) groups excluding carboxylic acids is 3. The smallest absolute Gasteiger partial charge is 0.444 e. The molecule has 232 valence electrons. The van der Waals surface area contributed by atoms with Crippen molar-refractivity contribution in [1.29, 1.82) is 0 Å². The summed E-state index contributed by atoms with van der Waals surface area (Å²) in [5, 5.41) is 4.97. The number of halogens is 6. The van der Waals surface area contributed by atoms with Crippen LogP contribution in [0.2, 0.25) is 0 Å². The summed E-state index contributed by atoms with van der Waals surface area (Å²) >= 11 is 0. The van der Waals surface area contributed by atoms with Gasteiger partial charge in [0.2, 0.25) is 11.7 Å². The first-order chi connectivity index (χ1) is 19.5. The van der Waals surface area contributed by atoms with Crippen LogP contribution in [0.5, 0.6) is 0 Å². The van der Waals surface area contributed by atoms with Crippen LogP contribution in [0.3, 0.4) is 0 Å². The van der Waals surface area contributed by atoms with E-state index < -0.39 is 84.1 Å². The Morgan fingerprint density at radius 3 is 2.33 bits per heavy atom. The highest BCUT2D eigenvalue weighted by Gasteiger charge is 2.42. The Balaban J connectivity index is 1.86. The van der Waals surface area contributed by atoms with Crippen molar-refractivity contribution >= 4 is 17.9 Å². The van der Waals surface area contributed by atoms with Crippen LogP contribution in [0.15, 0.2) is 12.1 Å². The molecule has 15 heteroatoms. The minimum absolute atomic E-state index is 0.112. The van der Waals surface area contributed by atoms with E-state index in [4.69, 9.17) is 4.74 Å². The fourth-order valence-electron chi connectivity index (χ4n) is 4.42. The van der Waals surface area contributed by atoms with E-state index in [0.29, 0.717) is 18.6 Å². The summed E-state index contributed by atoms with van der Waals surface area (Å²) in [4.78, 5) is 43.2. The Labute approximate surface area is 238 Å². The van der Waals surface area contributed by atoms with Crippen LogP contribution in [0.1, 0.15) is 74.5 Å². The standard InChI is InChI=1S/C27H33F6N5O4/c1-5-6-7-34-23(40)22-20-14-37(8-9-38(20)24(36-22)27(31,32)33)21(39)12-16(35-25(41)42-26(2,3)4)10-15-11-18(29)19(30)13-17(15)28/h11,13,16H,5-10,12,14H2,1-4H3,(H,34,40)(H,35,41). The van der Waals surface area contributed by atoms with Crippen LogP contribution >= 0.6 is 0 Å². The van der Waals surface area contributed by atoms with Gasteiger partial charge in [-0.1, -0.05) is 13.3 Å². The Morgan fingerprint density at radius 1 is 1.05 bits per heavy atom. The van der Waals surface area contributed by atoms with Crippen molar-refractivity contribution in [3.63, 3.8) is 0 Å². The summed E-state index contributed by atoms with van der Waals surface area (Å²) < 4.78 is 88.8. The maximum Gasteiger partial charge on any atom is 0.449 e. The number of imidazole rings is 1. The molecular weight excluding hydrogens is 572 g/mol. The molecule has 1 aliphatic rings. The van der Waals surface area contributed by atoms with Gasteiger partial charge in [0.15, 0.2) is 17.3 Å². The molecule has 1 atom stereocenters. The summed E-state index contributed by atoms with van der Waals surface area (Å²) in [6.45, 7) is 5.98. The van der Waals surface area contributed by atoms with Gasteiger partial charge in [-0.2, -0.15) is 13.2 Å². The van der Waals surface area contributed by atoms with Crippen molar-refractivity contribution in [2.24, 2.45) is 0 Å². The van der Waals surface area contributed by atoms with Crippen LogP contribution in [0.4, 0.5) is 31.1 Å². The molecule has 1 aromatic carbocycles. The zero-order valence-electron chi connectivity index (χ0n) is 23.6. The molecule has 1 unspecified atom stereocenters. The Kier molecular flexibility index (Phi) is 10.2. The van der Waals surface area contributed by atoms with Crippen molar-refractivity contribution in [1.82, 2.24) is 25.1 Å². The number of ether oxygens (including phenoxy) is 1. The van der Waals surface area contributed by atoms with Crippen LogP contribution in [-0.4, -0.2) is 57.1 Å². The largest absolute Gasteiger partial charge is 0.449 e. The number of hydrogen-bond acceptors (Lipinski definition) is 5. The summed E-state index contributed by atoms with van der Waals surface area (Å²) in [5.41, 5.74) is -1.82. The van der Waals surface area contributed by atoms with Crippen molar-refractivity contribution in [3.8, 4) is 0 Å². The van der Waals surface area contributed by atoms with Gasteiger partial charge in [0.1, 0.15) is 11.4 Å². The van der Waals surface area contributed by atoms with Crippen molar-refractivity contribution in [3.05, 3.63) is 52.4 Å². The number of fused-ring (bicyclic) bond motifs is 1. The molecule has 0 saturated carbocycles. The molecular formula is C27H33F6N5O4. The van der Waals surface area contributed by atoms with Crippen molar-refractivity contribution in [2.45, 2.75) is 84.3 Å². The predicted octanol–water partition coefficient (Wildman–Crippen LogP) is 4.72. The Morgan fingerprint density at radius 2 is 1.71 bits per heavy atom. The lowest BCUT2D eigenvalue weighted by Gasteiger charge is -2.31. The second-order valence-electron chi connectivity index (χ2n) is 10.9. The second kappa shape index (κ2) is 13.0. The van der Waals surface area contributed by atoms with Crippen LogP contribution in [0, 0.1) is 17.5 Å². The van der Waals surface area contributed by atoms with Crippen molar-refractivity contribution < 1.29 is 45.5 Å². The molecule has 0 radical (unpaired) electrons. The highest BCUT2D eigenvalue weighted by Crippen LogP contribution is 2.32. The molecule has 42 heavy (non-hydrogen) atoms. The predicted molar refractivity (Wildman–Crippen MR) is 138 cm³/mol. The third-order valence-corrected chi connectivity index (χ3v) is 6.34.